The lowest BCUT2D eigenvalue weighted by molar-refractivity contribution is -0.235. The number of ketones is 1. The standard InChI is InChI=1S/C29H33N3O8/c1-31(17-10-18(33)11-17)27(38)29-13-28(14-29,15-29)16-39-8-2-3-9-40-19-4-5-20-21(12-19)26(37)32(25(20)36)22-6-7-23(34)30-24(22)35/h4-5,12,17,22H,2-3,6-11,13-16H2,1H3,(H,30,34,35). The van der Waals surface area contributed by atoms with Crippen molar-refractivity contribution in [2.45, 2.75) is 69.9 Å². The van der Waals surface area contributed by atoms with Crippen LogP contribution in [0.15, 0.2) is 18.2 Å². The van der Waals surface area contributed by atoms with Crippen molar-refractivity contribution in [1.82, 2.24) is 15.1 Å². The fraction of sp³-hybridized carbons (Fsp3) is 0.586. The van der Waals surface area contributed by atoms with Gasteiger partial charge in [-0.3, -0.25) is 39.0 Å². The first-order valence-electron chi connectivity index (χ1n) is 14.0. The van der Waals surface area contributed by atoms with Gasteiger partial charge in [-0.05, 0) is 62.1 Å². The Morgan fingerprint density at radius 1 is 1.02 bits per heavy atom. The number of hydrogen-bond acceptors (Lipinski definition) is 8. The Bertz CT molecular complexity index is 1290. The molecule has 0 aromatic heterocycles. The summed E-state index contributed by atoms with van der Waals surface area (Å²) in [6.07, 6.45) is 5.31. The normalized spacial score (nSPS) is 28.9. The summed E-state index contributed by atoms with van der Waals surface area (Å²) < 4.78 is 11.7. The van der Waals surface area contributed by atoms with Gasteiger partial charge in [-0.15, -0.1) is 0 Å². The first-order valence-corrected chi connectivity index (χ1v) is 14.0. The van der Waals surface area contributed by atoms with Gasteiger partial charge < -0.3 is 14.4 Å². The minimum absolute atomic E-state index is 0.0748. The van der Waals surface area contributed by atoms with Gasteiger partial charge in [-0.25, -0.2) is 0 Å². The number of benzene rings is 1. The quantitative estimate of drug-likeness (QED) is 0.323. The molecular formula is C29H33N3O8. The largest absolute Gasteiger partial charge is 0.494 e. The number of hydrogen-bond donors (Lipinski definition) is 1. The smallest absolute Gasteiger partial charge is 0.262 e. The molecule has 11 nitrogen and oxygen atoms in total. The fourth-order valence-electron chi connectivity index (χ4n) is 6.98. The summed E-state index contributed by atoms with van der Waals surface area (Å²) in [4.78, 5) is 76.2. The van der Waals surface area contributed by atoms with Crippen molar-refractivity contribution in [3.8, 4) is 5.75 Å². The molecule has 2 bridgehead atoms. The number of piperidine rings is 1. The van der Waals surface area contributed by atoms with Gasteiger partial charge in [0.1, 0.15) is 17.6 Å². The highest BCUT2D eigenvalue weighted by Crippen LogP contribution is 2.74. The third-order valence-electron chi connectivity index (χ3n) is 9.16. The number of carbonyl (C=O) groups is 6. The molecule has 0 radical (unpaired) electrons. The maximum absolute atomic E-state index is 12.9. The van der Waals surface area contributed by atoms with Crippen LogP contribution in [0.25, 0.3) is 0 Å². The van der Waals surface area contributed by atoms with Crippen molar-refractivity contribution in [2.75, 3.05) is 26.9 Å². The van der Waals surface area contributed by atoms with E-state index in [4.69, 9.17) is 9.47 Å². The van der Waals surface area contributed by atoms with E-state index in [0.717, 1.165) is 37.0 Å². The van der Waals surface area contributed by atoms with E-state index in [1.54, 1.807) is 11.0 Å². The lowest BCUT2D eigenvalue weighted by atomic mass is 9.35. The zero-order valence-corrected chi connectivity index (χ0v) is 22.5. The Morgan fingerprint density at radius 3 is 2.42 bits per heavy atom. The Balaban J connectivity index is 0.894. The van der Waals surface area contributed by atoms with E-state index >= 15 is 0 Å². The van der Waals surface area contributed by atoms with Crippen LogP contribution in [0.1, 0.15) is 78.5 Å². The molecule has 1 atom stereocenters. The third-order valence-corrected chi connectivity index (χ3v) is 9.16. The van der Waals surface area contributed by atoms with Crippen molar-refractivity contribution in [1.29, 1.82) is 0 Å². The van der Waals surface area contributed by atoms with Gasteiger partial charge in [0.15, 0.2) is 0 Å². The van der Waals surface area contributed by atoms with Crippen molar-refractivity contribution in [3.63, 3.8) is 0 Å². The molecule has 1 N–H and O–H groups in total. The van der Waals surface area contributed by atoms with Crippen molar-refractivity contribution < 1.29 is 38.2 Å². The minimum Gasteiger partial charge on any atom is -0.494 e. The molecule has 11 heteroatoms. The molecule has 4 saturated carbocycles. The first kappa shape index (κ1) is 26.6. The van der Waals surface area contributed by atoms with Gasteiger partial charge in [-0.2, -0.15) is 0 Å². The van der Waals surface area contributed by atoms with Crippen LogP contribution >= 0.6 is 0 Å². The van der Waals surface area contributed by atoms with Gasteiger partial charge in [0.25, 0.3) is 11.8 Å². The van der Waals surface area contributed by atoms with Gasteiger partial charge in [0.05, 0.1) is 29.8 Å². The number of nitrogens with zero attached hydrogens (tertiary/aromatic N) is 2. The number of rotatable bonds is 11. The van der Waals surface area contributed by atoms with E-state index < -0.39 is 29.7 Å². The summed E-state index contributed by atoms with van der Waals surface area (Å²) in [7, 11) is 1.82. The Morgan fingerprint density at radius 2 is 1.73 bits per heavy atom. The number of imide groups is 2. The Hall–Kier alpha value is -3.60. The van der Waals surface area contributed by atoms with Crippen LogP contribution in [0.2, 0.25) is 0 Å². The molecule has 1 aromatic rings. The molecule has 0 spiro atoms. The lowest BCUT2D eigenvalue weighted by Gasteiger charge is -2.70. The predicted octanol–water partition coefficient (Wildman–Crippen LogP) is 1.62. The lowest BCUT2D eigenvalue weighted by Crippen LogP contribution is -2.70. The number of nitrogens with one attached hydrogen (secondary N) is 1. The number of amides is 5. The summed E-state index contributed by atoms with van der Waals surface area (Å²) in [5, 5.41) is 2.19. The second-order valence-corrected chi connectivity index (χ2v) is 12.1. The van der Waals surface area contributed by atoms with Crippen LogP contribution in [0.4, 0.5) is 0 Å². The highest BCUT2D eigenvalue weighted by atomic mass is 16.5. The van der Waals surface area contributed by atoms with E-state index in [2.05, 4.69) is 5.32 Å². The molecule has 4 aliphatic carbocycles. The highest BCUT2D eigenvalue weighted by molar-refractivity contribution is 6.23. The van der Waals surface area contributed by atoms with E-state index in [-0.39, 0.29) is 52.5 Å². The van der Waals surface area contributed by atoms with Crippen LogP contribution in [0.3, 0.4) is 0 Å². The van der Waals surface area contributed by atoms with E-state index in [0.29, 0.717) is 38.4 Å². The SMILES string of the molecule is CN(C(=O)C12CC(COCCCCOc3ccc4c(c3)C(=O)N(C3CCC(=O)NC3=O)C4=O)(C1)C2)C1CC(=O)C1. The van der Waals surface area contributed by atoms with Gasteiger partial charge in [0, 0.05) is 39.0 Å². The molecule has 1 saturated heterocycles. The summed E-state index contributed by atoms with van der Waals surface area (Å²) in [6.45, 7) is 1.66. The summed E-state index contributed by atoms with van der Waals surface area (Å²) in [5.74, 6) is -1.27. The molecule has 212 valence electrons. The number of Topliss-reactive ketones (excluding diaryl/α,β-unsaturated/α-hetero) is 1. The maximum atomic E-state index is 12.9. The third kappa shape index (κ3) is 4.40. The van der Waals surface area contributed by atoms with Crippen molar-refractivity contribution in [2.24, 2.45) is 10.8 Å². The van der Waals surface area contributed by atoms with Gasteiger partial charge in [-0.1, -0.05) is 0 Å². The van der Waals surface area contributed by atoms with Crippen LogP contribution in [-0.2, 0) is 23.9 Å². The monoisotopic (exact) mass is 551 g/mol. The van der Waals surface area contributed by atoms with Crippen LogP contribution in [0.5, 0.6) is 5.75 Å². The molecule has 5 amide bonds. The van der Waals surface area contributed by atoms with Crippen molar-refractivity contribution >= 4 is 35.3 Å². The summed E-state index contributed by atoms with van der Waals surface area (Å²) in [6, 6.07) is 3.78. The number of ether oxygens (including phenoxy) is 2. The second-order valence-electron chi connectivity index (χ2n) is 12.1. The van der Waals surface area contributed by atoms with Gasteiger partial charge >= 0.3 is 0 Å². The topological polar surface area (TPSA) is 139 Å². The Kier molecular flexibility index (Phi) is 6.52. The zero-order chi connectivity index (χ0) is 28.2. The molecule has 5 fully saturated rings. The number of fused-ring (bicyclic) bond motifs is 1. The maximum Gasteiger partial charge on any atom is 0.262 e. The van der Waals surface area contributed by atoms with Gasteiger partial charge in [0.2, 0.25) is 17.7 Å². The average molecular weight is 552 g/mol. The Labute approximate surface area is 231 Å². The fourth-order valence-corrected chi connectivity index (χ4v) is 6.98. The number of carbonyl (C=O) groups excluding carboxylic acids is 6. The summed E-state index contributed by atoms with van der Waals surface area (Å²) in [5.41, 5.74) is 0.305. The molecular weight excluding hydrogens is 518 g/mol. The highest BCUT2D eigenvalue weighted by Gasteiger charge is 2.72. The van der Waals surface area contributed by atoms with Crippen LogP contribution < -0.4 is 10.1 Å². The first-order chi connectivity index (χ1) is 19.1. The summed E-state index contributed by atoms with van der Waals surface area (Å²) >= 11 is 0. The second kappa shape index (κ2) is 9.79. The molecule has 2 aliphatic heterocycles. The number of unbranched alkanes of at least 4 members (excludes halogenated alkanes) is 1. The molecule has 6 aliphatic rings. The van der Waals surface area contributed by atoms with Crippen LogP contribution in [0, 0.1) is 10.8 Å². The molecule has 1 aromatic carbocycles. The predicted molar refractivity (Wildman–Crippen MR) is 138 cm³/mol. The molecule has 1 unspecified atom stereocenters. The average Bonchev–Trinajstić information content (AvgIpc) is 3.10. The van der Waals surface area contributed by atoms with E-state index in [1.165, 1.54) is 12.1 Å². The van der Waals surface area contributed by atoms with Crippen LogP contribution in [-0.4, -0.2) is 84.1 Å². The zero-order valence-electron chi connectivity index (χ0n) is 22.5. The minimum atomic E-state index is -0.994. The van der Waals surface area contributed by atoms with E-state index in [1.807, 2.05) is 7.05 Å². The molecule has 7 rings (SSSR count). The van der Waals surface area contributed by atoms with E-state index in [9.17, 15) is 28.8 Å². The molecule has 2 heterocycles. The van der Waals surface area contributed by atoms with Crippen molar-refractivity contribution in [3.05, 3.63) is 29.3 Å². The molecule has 40 heavy (non-hydrogen) atoms.